The van der Waals surface area contributed by atoms with Crippen LogP contribution in [0.3, 0.4) is 0 Å². The van der Waals surface area contributed by atoms with E-state index in [1.165, 1.54) is 11.3 Å². The van der Waals surface area contributed by atoms with Gasteiger partial charge in [-0.3, -0.25) is 4.79 Å². The zero-order chi connectivity index (χ0) is 12.8. The fraction of sp³-hybridized carbons (Fsp3) is 0.545. The first-order valence-corrected chi connectivity index (χ1v) is 6.06. The summed E-state index contributed by atoms with van der Waals surface area (Å²) in [7, 11) is 3.18. The molecule has 1 aromatic rings. The van der Waals surface area contributed by atoms with Gasteiger partial charge in [-0.15, -0.1) is 11.3 Å². The highest BCUT2D eigenvalue weighted by Crippen LogP contribution is 2.23. The molecule has 6 heteroatoms. The average molecular weight is 258 g/mol. The maximum absolute atomic E-state index is 11.8. The monoisotopic (exact) mass is 258 g/mol. The van der Waals surface area contributed by atoms with E-state index in [4.69, 9.17) is 15.2 Å². The van der Waals surface area contributed by atoms with Gasteiger partial charge in [0.05, 0.1) is 17.6 Å². The maximum Gasteiger partial charge on any atom is 0.261 e. The Kier molecular flexibility index (Phi) is 5.40. The van der Waals surface area contributed by atoms with Gasteiger partial charge in [0.1, 0.15) is 0 Å². The van der Waals surface area contributed by atoms with Gasteiger partial charge in [0.15, 0.2) is 0 Å². The van der Waals surface area contributed by atoms with E-state index in [1.54, 1.807) is 20.3 Å². The number of ether oxygens (including phenoxy) is 2. The van der Waals surface area contributed by atoms with Crippen molar-refractivity contribution in [3.05, 3.63) is 15.8 Å². The second-order valence-electron chi connectivity index (χ2n) is 3.65. The molecule has 0 radical (unpaired) electrons. The Bertz CT molecular complexity index is 359. The van der Waals surface area contributed by atoms with Gasteiger partial charge in [0.2, 0.25) is 0 Å². The third-order valence-electron chi connectivity index (χ3n) is 2.36. The van der Waals surface area contributed by atoms with Crippen LogP contribution < -0.4 is 11.1 Å². The molecule has 0 aliphatic rings. The van der Waals surface area contributed by atoms with E-state index in [2.05, 4.69) is 5.32 Å². The van der Waals surface area contributed by atoms with Crippen molar-refractivity contribution in [3.8, 4) is 0 Å². The molecule has 0 spiro atoms. The topological polar surface area (TPSA) is 73.6 Å². The SMILES string of the molecule is COCC(CNC(=O)c1cc(N)c(C)s1)OC. The predicted octanol–water partition coefficient (Wildman–Crippen LogP) is 1.03. The van der Waals surface area contributed by atoms with Crippen molar-refractivity contribution in [1.82, 2.24) is 5.32 Å². The van der Waals surface area contributed by atoms with E-state index in [0.717, 1.165) is 4.88 Å². The van der Waals surface area contributed by atoms with Crippen LogP contribution in [0.25, 0.3) is 0 Å². The Morgan fingerprint density at radius 2 is 2.29 bits per heavy atom. The van der Waals surface area contributed by atoms with Gasteiger partial charge in [0.25, 0.3) is 5.91 Å². The number of amides is 1. The molecule has 1 amide bonds. The molecule has 0 aliphatic heterocycles. The molecule has 1 atom stereocenters. The maximum atomic E-state index is 11.8. The summed E-state index contributed by atoms with van der Waals surface area (Å²) in [6, 6.07) is 1.69. The van der Waals surface area contributed by atoms with Crippen LogP contribution in [0, 0.1) is 6.92 Å². The van der Waals surface area contributed by atoms with Gasteiger partial charge in [-0.25, -0.2) is 0 Å². The van der Waals surface area contributed by atoms with Crippen LogP contribution >= 0.6 is 11.3 Å². The van der Waals surface area contributed by atoms with Crippen LogP contribution in [-0.4, -0.2) is 39.4 Å². The molecule has 0 aromatic carbocycles. The predicted molar refractivity (Wildman–Crippen MR) is 68.5 cm³/mol. The van der Waals surface area contributed by atoms with Crippen LogP contribution in [0.4, 0.5) is 5.69 Å². The average Bonchev–Trinajstić information content (AvgIpc) is 2.64. The second-order valence-corrected chi connectivity index (χ2v) is 4.90. The lowest BCUT2D eigenvalue weighted by atomic mass is 10.3. The summed E-state index contributed by atoms with van der Waals surface area (Å²) in [6.07, 6.45) is -0.137. The number of carbonyl (C=O) groups is 1. The van der Waals surface area contributed by atoms with Gasteiger partial charge < -0.3 is 20.5 Å². The number of hydrogen-bond acceptors (Lipinski definition) is 5. The molecule has 0 saturated heterocycles. The molecule has 1 unspecified atom stereocenters. The standard InChI is InChI=1S/C11H18N2O3S/c1-7-9(12)4-10(17-7)11(14)13-5-8(16-3)6-15-2/h4,8H,5-6,12H2,1-3H3,(H,13,14). The van der Waals surface area contributed by atoms with Gasteiger partial charge in [-0.2, -0.15) is 0 Å². The molecule has 0 aliphatic carbocycles. The number of carbonyl (C=O) groups excluding carboxylic acids is 1. The normalized spacial score (nSPS) is 12.4. The molecule has 1 heterocycles. The molecule has 0 bridgehead atoms. The summed E-state index contributed by atoms with van der Waals surface area (Å²) >= 11 is 1.39. The number of thiophene rings is 1. The fourth-order valence-electron chi connectivity index (χ4n) is 1.30. The number of nitrogen functional groups attached to an aromatic ring is 1. The van der Waals surface area contributed by atoms with Gasteiger partial charge in [-0.05, 0) is 13.0 Å². The minimum Gasteiger partial charge on any atom is -0.398 e. The number of anilines is 1. The van der Waals surface area contributed by atoms with E-state index < -0.39 is 0 Å². The van der Waals surface area contributed by atoms with Crippen LogP contribution in [0.15, 0.2) is 6.07 Å². The highest BCUT2D eigenvalue weighted by molar-refractivity contribution is 7.14. The third kappa shape index (κ3) is 3.99. The molecule has 0 fully saturated rings. The second kappa shape index (κ2) is 6.58. The highest BCUT2D eigenvalue weighted by Gasteiger charge is 2.13. The smallest absolute Gasteiger partial charge is 0.261 e. The number of aryl methyl sites for hydroxylation is 1. The van der Waals surface area contributed by atoms with Crippen LogP contribution in [0.2, 0.25) is 0 Å². The first-order chi connectivity index (χ1) is 8.08. The summed E-state index contributed by atoms with van der Waals surface area (Å²) < 4.78 is 10.1. The molecule has 5 nitrogen and oxygen atoms in total. The van der Waals surface area contributed by atoms with E-state index in [9.17, 15) is 4.79 Å². The lowest BCUT2D eigenvalue weighted by Crippen LogP contribution is -2.35. The zero-order valence-corrected chi connectivity index (χ0v) is 11.1. The van der Waals surface area contributed by atoms with Gasteiger partial charge in [-0.1, -0.05) is 0 Å². The molecule has 1 aromatic heterocycles. The largest absolute Gasteiger partial charge is 0.398 e. The molecule has 1 rings (SSSR count). The Morgan fingerprint density at radius 1 is 1.59 bits per heavy atom. The quantitative estimate of drug-likeness (QED) is 0.799. The number of methoxy groups -OCH3 is 2. The summed E-state index contributed by atoms with van der Waals surface area (Å²) in [5.74, 6) is -0.132. The molecule has 3 N–H and O–H groups in total. The van der Waals surface area contributed by atoms with Crippen molar-refractivity contribution in [2.24, 2.45) is 0 Å². The molecular weight excluding hydrogens is 240 g/mol. The number of rotatable bonds is 6. The van der Waals surface area contributed by atoms with Crippen LogP contribution in [-0.2, 0) is 9.47 Å². The minimum absolute atomic E-state index is 0.132. The summed E-state index contributed by atoms with van der Waals surface area (Å²) in [5.41, 5.74) is 6.35. The minimum atomic E-state index is -0.137. The Morgan fingerprint density at radius 3 is 2.76 bits per heavy atom. The summed E-state index contributed by atoms with van der Waals surface area (Å²) in [6.45, 7) is 2.75. The van der Waals surface area contributed by atoms with Crippen molar-refractivity contribution in [3.63, 3.8) is 0 Å². The summed E-state index contributed by atoms with van der Waals surface area (Å²) in [4.78, 5) is 13.4. The van der Waals surface area contributed by atoms with Crippen LogP contribution in [0.1, 0.15) is 14.5 Å². The Balaban J connectivity index is 2.49. The Hall–Kier alpha value is -1.11. The highest BCUT2D eigenvalue weighted by atomic mass is 32.1. The fourth-order valence-corrected chi connectivity index (χ4v) is 2.16. The van der Waals surface area contributed by atoms with Crippen molar-refractivity contribution in [2.45, 2.75) is 13.0 Å². The lowest BCUT2D eigenvalue weighted by molar-refractivity contribution is 0.0286. The van der Waals surface area contributed by atoms with Gasteiger partial charge >= 0.3 is 0 Å². The van der Waals surface area contributed by atoms with Crippen molar-refractivity contribution in [2.75, 3.05) is 33.1 Å². The molecule has 17 heavy (non-hydrogen) atoms. The number of nitrogens with two attached hydrogens (primary N) is 1. The van der Waals surface area contributed by atoms with E-state index >= 15 is 0 Å². The first-order valence-electron chi connectivity index (χ1n) is 5.24. The lowest BCUT2D eigenvalue weighted by Gasteiger charge is -2.14. The zero-order valence-electron chi connectivity index (χ0n) is 10.3. The third-order valence-corrected chi connectivity index (χ3v) is 3.42. The number of hydrogen-bond donors (Lipinski definition) is 2. The molecular formula is C11H18N2O3S. The first kappa shape index (κ1) is 14.0. The Labute approximate surface area is 105 Å². The summed E-state index contributed by atoms with van der Waals surface area (Å²) in [5, 5.41) is 2.79. The molecule has 0 saturated carbocycles. The van der Waals surface area contributed by atoms with Crippen molar-refractivity contribution < 1.29 is 14.3 Å². The van der Waals surface area contributed by atoms with Crippen LogP contribution in [0.5, 0.6) is 0 Å². The van der Waals surface area contributed by atoms with Crippen molar-refractivity contribution in [1.29, 1.82) is 0 Å². The van der Waals surface area contributed by atoms with E-state index in [1.807, 2.05) is 6.92 Å². The van der Waals surface area contributed by atoms with Gasteiger partial charge in [0, 0.05) is 31.3 Å². The number of nitrogens with one attached hydrogen (secondary N) is 1. The molecule has 96 valence electrons. The van der Waals surface area contributed by atoms with Crippen molar-refractivity contribution >= 4 is 22.9 Å². The van der Waals surface area contributed by atoms with E-state index in [-0.39, 0.29) is 12.0 Å². The van der Waals surface area contributed by atoms with E-state index in [0.29, 0.717) is 23.7 Å².